The highest BCUT2D eigenvalue weighted by atomic mass is 16.5. The molecule has 1 aliphatic rings. The highest BCUT2D eigenvalue weighted by Crippen LogP contribution is 2.41. The number of hydrogen-bond acceptors (Lipinski definition) is 4. The van der Waals surface area contributed by atoms with E-state index in [0.717, 1.165) is 24.2 Å². The highest BCUT2D eigenvalue weighted by Gasteiger charge is 2.39. The van der Waals surface area contributed by atoms with Crippen LogP contribution in [0.1, 0.15) is 24.5 Å². The Balaban J connectivity index is 2.19. The van der Waals surface area contributed by atoms with Crippen LogP contribution in [-0.4, -0.2) is 32.0 Å². The van der Waals surface area contributed by atoms with E-state index in [1.807, 2.05) is 24.3 Å². The Morgan fingerprint density at radius 3 is 2.44 bits per heavy atom. The molecule has 4 nitrogen and oxygen atoms in total. The van der Waals surface area contributed by atoms with E-state index in [-0.39, 0.29) is 5.41 Å². The third-order valence-electron chi connectivity index (χ3n) is 3.91. The topological polar surface area (TPSA) is 64.7 Å². The van der Waals surface area contributed by atoms with Gasteiger partial charge in [0.25, 0.3) is 0 Å². The summed E-state index contributed by atoms with van der Waals surface area (Å²) >= 11 is 0. The minimum absolute atomic E-state index is 0.257. The third-order valence-corrected chi connectivity index (χ3v) is 3.91. The van der Waals surface area contributed by atoms with E-state index < -0.39 is 6.10 Å². The first-order valence-electron chi connectivity index (χ1n) is 6.32. The summed E-state index contributed by atoms with van der Waals surface area (Å²) in [4.78, 5) is 0. The van der Waals surface area contributed by atoms with Crippen molar-refractivity contribution < 1.29 is 14.6 Å². The molecule has 0 amide bonds. The zero-order valence-corrected chi connectivity index (χ0v) is 10.8. The van der Waals surface area contributed by atoms with Crippen LogP contribution in [0.2, 0.25) is 0 Å². The molecule has 1 heterocycles. The fourth-order valence-electron chi connectivity index (χ4n) is 2.51. The molecule has 0 aliphatic carbocycles. The molecule has 1 saturated heterocycles. The van der Waals surface area contributed by atoms with E-state index in [4.69, 9.17) is 15.2 Å². The normalized spacial score (nSPS) is 20.4. The van der Waals surface area contributed by atoms with Crippen LogP contribution in [-0.2, 0) is 4.74 Å². The second kappa shape index (κ2) is 5.69. The van der Waals surface area contributed by atoms with Crippen LogP contribution < -0.4 is 10.5 Å². The van der Waals surface area contributed by atoms with Crippen LogP contribution in [0, 0.1) is 5.41 Å². The van der Waals surface area contributed by atoms with Crippen molar-refractivity contribution in [3.63, 3.8) is 0 Å². The van der Waals surface area contributed by atoms with Crippen LogP contribution in [0.3, 0.4) is 0 Å². The van der Waals surface area contributed by atoms with Crippen molar-refractivity contribution in [3.05, 3.63) is 29.8 Å². The number of nitrogens with two attached hydrogens (primary N) is 1. The maximum absolute atomic E-state index is 10.6. The lowest BCUT2D eigenvalue weighted by atomic mass is 9.73. The second-order valence-electron chi connectivity index (χ2n) is 4.85. The molecule has 1 atom stereocenters. The average molecular weight is 251 g/mol. The monoisotopic (exact) mass is 251 g/mol. The average Bonchev–Trinajstić information content (AvgIpc) is 2.47. The fourth-order valence-corrected chi connectivity index (χ4v) is 2.51. The van der Waals surface area contributed by atoms with Gasteiger partial charge in [-0.15, -0.1) is 0 Å². The number of benzene rings is 1. The van der Waals surface area contributed by atoms with Gasteiger partial charge in [-0.3, -0.25) is 0 Å². The number of methoxy groups -OCH3 is 1. The molecule has 1 aromatic rings. The molecular weight excluding hydrogens is 230 g/mol. The molecule has 0 spiro atoms. The Labute approximate surface area is 108 Å². The van der Waals surface area contributed by atoms with Crippen molar-refractivity contribution in [2.24, 2.45) is 11.1 Å². The molecule has 1 fully saturated rings. The van der Waals surface area contributed by atoms with Gasteiger partial charge in [0, 0.05) is 25.2 Å². The number of aliphatic hydroxyl groups excluding tert-OH is 1. The number of aliphatic hydroxyl groups is 1. The van der Waals surface area contributed by atoms with Gasteiger partial charge >= 0.3 is 0 Å². The van der Waals surface area contributed by atoms with E-state index in [1.54, 1.807) is 7.11 Å². The first-order valence-corrected chi connectivity index (χ1v) is 6.32. The van der Waals surface area contributed by atoms with Gasteiger partial charge in [0.2, 0.25) is 0 Å². The molecule has 0 radical (unpaired) electrons. The van der Waals surface area contributed by atoms with Gasteiger partial charge in [0.15, 0.2) is 0 Å². The molecule has 4 heteroatoms. The Morgan fingerprint density at radius 1 is 1.33 bits per heavy atom. The summed E-state index contributed by atoms with van der Waals surface area (Å²) in [7, 11) is 1.63. The molecule has 1 aliphatic heterocycles. The molecule has 3 N–H and O–H groups in total. The van der Waals surface area contributed by atoms with E-state index in [2.05, 4.69) is 0 Å². The van der Waals surface area contributed by atoms with Crippen molar-refractivity contribution in [2.45, 2.75) is 18.9 Å². The third kappa shape index (κ3) is 2.51. The van der Waals surface area contributed by atoms with Crippen molar-refractivity contribution in [2.75, 3.05) is 26.9 Å². The minimum Gasteiger partial charge on any atom is -0.497 e. The van der Waals surface area contributed by atoms with Gasteiger partial charge in [0.1, 0.15) is 5.75 Å². The maximum atomic E-state index is 10.6. The number of rotatable bonds is 4. The van der Waals surface area contributed by atoms with Crippen molar-refractivity contribution >= 4 is 0 Å². The molecule has 0 unspecified atom stereocenters. The summed E-state index contributed by atoms with van der Waals surface area (Å²) in [6, 6.07) is 7.52. The smallest absolute Gasteiger partial charge is 0.118 e. The summed E-state index contributed by atoms with van der Waals surface area (Å²) in [5, 5.41) is 10.6. The van der Waals surface area contributed by atoms with Gasteiger partial charge in [-0.1, -0.05) is 12.1 Å². The van der Waals surface area contributed by atoms with Gasteiger partial charge in [-0.25, -0.2) is 0 Å². The Morgan fingerprint density at radius 2 is 1.94 bits per heavy atom. The van der Waals surface area contributed by atoms with Crippen molar-refractivity contribution in [1.29, 1.82) is 0 Å². The van der Waals surface area contributed by atoms with Gasteiger partial charge < -0.3 is 20.3 Å². The molecule has 0 bridgehead atoms. The quantitative estimate of drug-likeness (QED) is 0.851. The maximum Gasteiger partial charge on any atom is 0.118 e. The van der Waals surface area contributed by atoms with Crippen LogP contribution >= 0.6 is 0 Å². The standard InChI is InChI=1S/C14H21NO3/c1-17-12-4-2-11(3-5-12)13(16)14(10-15)6-8-18-9-7-14/h2-5,13,16H,6-10,15H2,1H3/t13-/m1/s1. The van der Waals surface area contributed by atoms with Crippen LogP contribution in [0.4, 0.5) is 0 Å². The molecular formula is C14H21NO3. The van der Waals surface area contributed by atoms with E-state index in [9.17, 15) is 5.11 Å². The van der Waals surface area contributed by atoms with Crippen LogP contribution in [0.25, 0.3) is 0 Å². The number of ether oxygens (including phenoxy) is 2. The zero-order chi connectivity index (χ0) is 13.0. The fraction of sp³-hybridized carbons (Fsp3) is 0.571. The predicted octanol–water partition coefficient (Wildman–Crippen LogP) is 1.48. The summed E-state index contributed by atoms with van der Waals surface area (Å²) in [6.07, 6.45) is 1.06. The Bertz CT molecular complexity index is 371. The minimum atomic E-state index is -0.544. The lowest BCUT2D eigenvalue weighted by Crippen LogP contribution is -2.41. The molecule has 2 rings (SSSR count). The lowest BCUT2D eigenvalue weighted by Gasteiger charge is -2.40. The van der Waals surface area contributed by atoms with E-state index in [0.29, 0.717) is 19.8 Å². The first-order chi connectivity index (χ1) is 8.72. The summed E-state index contributed by atoms with van der Waals surface area (Å²) in [6.45, 7) is 1.82. The Kier molecular flexibility index (Phi) is 4.22. The molecule has 100 valence electrons. The molecule has 18 heavy (non-hydrogen) atoms. The van der Waals surface area contributed by atoms with Crippen molar-refractivity contribution in [1.82, 2.24) is 0 Å². The molecule has 0 aromatic heterocycles. The van der Waals surface area contributed by atoms with Gasteiger partial charge in [-0.2, -0.15) is 0 Å². The van der Waals surface area contributed by atoms with E-state index >= 15 is 0 Å². The van der Waals surface area contributed by atoms with Crippen LogP contribution in [0.5, 0.6) is 5.75 Å². The predicted molar refractivity (Wildman–Crippen MR) is 69.5 cm³/mol. The van der Waals surface area contributed by atoms with Crippen molar-refractivity contribution in [3.8, 4) is 5.75 Å². The number of hydrogen-bond donors (Lipinski definition) is 2. The molecule has 1 aromatic carbocycles. The first kappa shape index (κ1) is 13.3. The summed E-state index contributed by atoms with van der Waals surface area (Å²) in [5.74, 6) is 0.791. The second-order valence-corrected chi connectivity index (χ2v) is 4.85. The summed E-state index contributed by atoms with van der Waals surface area (Å²) in [5.41, 5.74) is 6.53. The highest BCUT2D eigenvalue weighted by molar-refractivity contribution is 5.29. The Hall–Kier alpha value is -1.10. The van der Waals surface area contributed by atoms with Gasteiger partial charge in [-0.05, 0) is 30.5 Å². The molecule has 0 saturated carbocycles. The SMILES string of the molecule is COc1ccc([C@@H](O)C2(CN)CCOCC2)cc1. The van der Waals surface area contributed by atoms with Gasteiger partial charge in [0.05, 0.1) is 13.2 Å². The summed E-state index contributed by atoms with van der Waals surface area (Å²) < 4.78 is 10.5. The lowest BCUT2D eigenvalue weighted by molar-refractivity contribution is -0.0581. The van der Waals surface area contributed by atoms with Crippen LogP contribution in [0.15, 0.2) is 24.3 Å². The zero-order valence-electron chi connectivity index (χ0n) is 10.8. The van der Waals surface area contributed by atoms with E-state index in [1.165, 1.54) is 0 Å². The largest absolute Gasteiger partial charge is 0.497 e.